The summed E-state index contributed by atoms with van der Waals surface area (Å²) in [5.74, 6) is 1.88. The summed E-state index contributed by atoms with van der Waals surface area (Å²) in [4.78, 5) is 15.7. The highest BCUT2D eigenvalue weighted by molar-refractivity contribution is 6.23. The second-order valence-corrected chi connectivity index (χ2v) is 15.2. The summed E-state index contributed by atoms with van der Waals surface area (Å²) in [7, 11) is 0. The quantitative estimate of drug-likeness (QED) is 0.169. The van der Waals surface area contributed by atoms with E-state index < -0.39 is 0 Å². The van der Waals surface area contributed by atoms with Crippen molar-refractivity contribution in [2.45, 2.75) is 0 Å². The Morgan fingerprint density at radius 2 is 0.800 bits per heavy atom. The molecule has 0 atom stereocenters. The predicted molar refractivity (Wildman–Crippen MR) is 248 cm³/mol. The van der Waals surface area contributed by atoms with Gasteiger partial charge in [-0.15, -0.1) is 0 Å². The van der Waals surface area contributed by atoms with Crippen LogP contribution in [0.2, 0.25) is 0 Å². The van der Waals surface area contributed by atoms with Crippen LogP contribution in [0.25, 0.3) is 111 Å². The maximum absolute atomic E-state index is 5.32. The summed E-state index contributed by atoms with van der Waals surface area (Å²) in [6.07, 6.45) is 0. The Morgan fingerprint density at radius 1 is 0.267 bits per heavy atom. The maximum Gasteiger partial charge on any atom is 0.164 e. The largest absolute Gasteiger partial charge is 0.309 e. The van der Waals surface area contributed by atoms with Gasteiger partial charge in [-0.3, -0.25) is 0 Å². The minimum absolute atomic E-state index is 0.620. The number of para-hydroxylation sites is 3. The number of aromatic nitrogens is 5. The van der Waals surface area contributed by atoms with Gasteiger partial charge in [0.2, 0.25) is 0 Å². The minimum atomic E-state index is 0.620. The second kappa shape index (κ2) is 13.8. The molecule has 3 heterocycles. The summed E-state index contributed by atoms with van der Waals surface area (Å²) in [6, 6.07) is 75.0. The number of hydrogen-bond donors (Lipinski definition) is 0. The molecule has 0 amide bonds. The van der Waals surface area contributed by atoms with Crippen molar-refractivity contribution in [3.8, 4) is 56.7 Å². The Morgan fingerprint density at radius 3 is 1.58 bits per heavy atom. The second-order valence-electron chi connectivity index (χ2n) is 15.2. The molecule has 9 aromatic carbocycles. The summed E-state index contributed by atoms with van der Waals surface area (Å²) in [5.41, 5.74) is 12.0. The van der Waals surface area contributed by atoms with E-state index in [9.17, 15) is 0 Å². The fraction of sp³-hybridized carbons (Fsp3) is 0. The molecule has 0 aliphatic rings. The van der Waals surface area contributed by atoms with E-state index in [1.54, 1.807) is 0 Å². The van der Waals surface area contributed by atoms with E-state index in [0.717, 1.165) is 55.4 Å². The SMILES string of the molecule is c1ccc(-c2cccc(-n3c4ccccc4c4ccc(-c5nc(-c6ccccc6)nc(-c6cccc7c6ccc6c7c7ccccc7n6-c6ccccc6)n5)cc43)c2)cc1. The molecule has 60 heavy (non-hydrogen) atoms. The molecule has 0 saturated heterocycles. The lowest BCUT2D eigenvalue weighted by atomic mass is 9.99. The Kier molecular flexibility index (Phi) is 7.78. The van der Waals surface area contributed by atoms with Gasteiger partial charge in [0.15, 0.2) is 17.5 Å². The van der Waals surface area contributed by atoms with E-state index in [1.165, 1.54) is 38.2 Å². The van der Waals surface area contributed by atoms with Crippen molar-refractivity contribution in [3.63, 3.8) is 0 Å². The van der Waals surface area contributed by atoms with Gasteiger partial charge >= 0.3 is 0 Å². The molecular weight excluding hydrogens is 731 g/mol. The summed E-state index contributed by atoms with van der Waals surface area (Å²) in [5, 5.41) is 7.03. The van der Waals surface area contributed by atoms with E-state index >= 15 is 0 Å². The molecule has 5 heteroatoms. The van der Waals surface area contributed by atoms with Crippen molar-refractivity contribution in [3.05, 3.63) is 212 Å². The van der Waals surface area contributed by atoms with Crippen LogP contribution in [0.5, 0.6) is 0 Å². The molecule has 0 saturated carbocycles. The third-order valence-corrected chi connectivity index (χ3v) is 11.8. The van der Waals surface area contributed by atoms with Crippen molar-refractivity contribution in [2.24, 2.45) is 0 Å². The predicted octanol–water partition coefficient (Wildman–Crippen LogP) is 13.9. The molecule has 12 aromatic rings. The molecule has 0 aliphatic carbocycles. The lowest BCUT2D eigenvalue weighted by Crippen LogP contribution is -2.01. The van der Waals surface area contributed by atoms with Crippen molar-refractivity contribution in [2.75, 3.05) is 0 Å². The molecule has 0 aliphatic heterocycles. The molecule has 0 N–H and O–H groups in total. The van der Waals surface area contributed by atoms with Crippen molar-refractivity contribution in [1.82, 2.24) is 24.1 Å². The number of rotatable bonds is 6. The van der Waals surface area contributed by atoms with Gasteiger partial charge in [-0.1, -0.05) is 164 Å². The first-order valence-corrected chi connectivity index (χ1v) is 20.3. The first kappa shape index (κ1) is 33.9. The first-order valence-electron chi connectivity index (χ1n) is 20.3. The summed E-state index contributed by atoms with van der Waals surface area (Å²) >= 11 is 0. The third kappa shape index (κ3) is 5.44. The van der Waals surface area contributed by atoms with Crippen LogP contribution in [0.4, 0.5) is 0 Å². The first-order chi connectivity index (χ1) is 29.8. The Balaban J connectivity index is 1.08. The van der Waals surface area contributed by atoms with Crippen LogP contribution in [-0.4, -0.2) is 24.1 Å². The normalized spacial score (nSPS) is 11.7. The fourth-order valence-electron chi connectivity index (χ4n) is 9.06. The highest BCUT2D eigenvalue weighted by atomic mass is 15.0. The van der Waals surface area contributed by atoms with E-state index in [4.69, 9.17) is 15.0 Å². The molecular formula is C55H35N5. The van der Waals surface area contributed by atoms with E-state index in [0.29, 0.717) is 17.5 Å². The molecule has 0 radical (unpaired) electrons. The van der Waals surface area contributed by atoms with Crippen LogP contribution in [0.3, 0.4) is 0 Å². The molecule has 280 valence electrons. The van der Waals surface area contributed by atoms with Crippen LogP contribution in [0.15, 0.2) is 212 Å². The Hall–Kier alpha value is -8.15. The molecule has 0 fully saturated rings. The zero-order valence-electron chi connectivity index (χ0n) is 32.4. The van der Waals surface area contributed by atoms with Crippen molar-refractivity contribution in [1.29, 1.82) is 0 Å². The van der Waals surface area contributed by atoms with E-state index in [-0.39, 0.29) is 0 Å². The van der Waals surface area contributed by atoms with Crippen LogP contribution < -0.4 is 0 Å². The van der Waals surface area contributed by atoms with Gasteiger partial charge in [-0.2, -0.15) is 0 Å². The summed E-state index contributed by atoms with van der Waals surface area (Å²) < 4.78 is 4.72. The number of nitrogens with zero attached hydrogens (tertiary/aromatic N) is 5. The lowest BCUT2D eigenvalue weighted by Gasteiger charge is -2.13. The van der Waals surface area contributed by atoms with Gasteiger partial charge in [-0.25, -0.2) is 15.0 Å². The zero-order valence-corrected chi connectivity index (χ0v) is 32.4. The number of benzene rings is 9. The fourth-order valence-corrected chi connectivity index (χ4v) is 9.06. The van der Waals surface area contributed by atoms with Crippen molar-refractivity contribution < 1.29 is 0 Å². The smallest absolute Gasteiger partial charge is 0.164 e. The van der Waals surface area contributed by atoms with Crippen LogP contribution in [0, 0.1) is 0 Å². The average Bonchev–Trinajstić information content (AvgIpc) is 3.85. The maximum atomic E-state index is 5.32. The number of fused-ring (bicyclic) bond motifs is 8. The van der Waals surface area contributed by atoms with Crippen LogP contribution in [0.1, 0.15) is 0 Å². The molecule has 12 rings (SSSR count). The Labute approximate surface area is 346 Å². The van der Waals surface area contributed by atoms with Crippen molar-refractivity contribution >= 4 is 54.4 Å². The van der Waals surface area contributed by atoms with Crippen LogP contribution >= 0.6 is 0 Å². The highest BCUT2D eigenvalue weighted by Crippen LogP contribution is 2.40. The molecule has 5 nitrogen and oxygen atoms in total. The molecule has 0 spiro atoms. The van der Waals surface area contributed by atoms with Gasteiger partial charge in [0.25, 0.3) is 0 Å². The van der Waals surface area contributed by atoms with E-state index in [1.807, 2.05) is 18.2 Å². The highest BCUT2D eigenvalue weighted by Gasteiger charge is 2.20. The van der Waals surface area contributed by atoms with Gasteiger partial charge < -0.3 is 9.13 Å². The van der Waals surface area contributed by atoms with Crippen LogP contribution in [-0.2, 0) is 0 Å². The average molecular weight is 766 g/mol. The standard InChI is InChI=1S/C55H35N5/c1-4-16-36(17-5-1)38-20-14-23-41(34-38)60-48-28-12-10-24-43(48)44-31-30-39(35-51(44)60)54-56-53(37-18-6-2-7-19-37)57-55(58-54)46-27-15-26-45-42(46)32-33-50-52(45)47-25-11-13-29-49(47)59(50)40-21-8-3-9-22-40/h1-35H. The zero-order chi connectivity index (χ0) is 39.6. The van der Waals surface area contributed by atoms with Gasteiger partial charge in [0.1, 0.15) is 0 Å². The number of hydrogen-bond acceptors (Lipinski definition) is 3. The lowest BCUT2D eigenvalue weighted by molar-refractivity contribution is 1.08. The molecule has 0 bridgehead atoms. The van der Waals surface area contributed by atoms with E-state index in [2.05, 4.69) is 203 Å². The van der Waals surface area contributed by atoms with Gasteiger partial charge in [0, 0.05) is 49.6 Å². The monoisotopic (exact) mass is 765 g/mol. The van der Waals surface area contributed by atoms with Gasteiger partial charge in [-0.05, 0) is 70.4 Å². The molecule has 3 aromatic heterocycles. The topological polar surface area (TPSA) is 48.5 Å². The third-order valence-electron chi connectivity index (χ3n) is 11.8. The summed E-state index contributed by atoms with van der Waals surface area (Å²) in [6.45, 7) is 0. The molecule has 0 unspecified atom stereocenters. The Bertz CT molecular complexity index is 3590. The minimum Gasteiger partial charge on any atom is -0.309 e. The van der Waals surface area contributed by atoms with Gasteiger partial charge in [0.05, 0.1) is 22.1 Å².